The topological polar surface area (TPSA) is 90.0 Å². The lowest BCUT2D eigenvalue weighted by molar-refractivity contribution is -0.118. The minimum Gasteiger partial charge on any atom is -0.284 e. The van der Waals surface area contributed by atoms with E-state index in [0.29, 0.717) is 9.96 Å². The highest BCUT2D eigenvalue weighted by atomic mass is 32.2. The molecule has 0 saturated carbocycles. The average Bonchev–Trinajstić information content (AvgIpc) is 3.55. The summed E-state index contributed by atoms with van der Waals surface area (Å²) in [6, 6.07) is 25.4. The van der Waals surface area contributed by atoms with E-state index in [2.05, 4.69) is 26.1 Å². The van der Waals surface area contributed by atoms with Gasteiger partial charge in [0.2, 0.25) is 9.96 Å². The van der Waals surface area contributed by atoms with E-state index in [1.165, 1.54) is 35.2 Å². The van der Waals surface area contributed by atoms with Crippen molar-refractivity contribution < 1.29 is 9.18 Å². The predicted octanol–water partition coefficient (Wildman–Crippen LogP) is 4.04. The largest absolute Gasteiger partial charge is 0.284 e. The van der Waals surface area contributed by atoms with Crippen molar-refractivity contribution in [3.63, 3.8) is 0 Å². The molecule has 11 heteroatoms. The number of nitrogens with one attached hydrogen (secondary N) is 1. The first-order chi connectivity index (χ1) is 17.2. The van der Waals surface area contributed by atoms with E-state index in [-0.39, 0.29) is 17.5 Å². The summed E-state index contributed by atoms with van der Waals surface area (Å²) in [7, 11) is 0. The Morgan fingerprint density at radius 1 is 0.971 bits per heavy atom. The molecule has 0 atom stereocenters. The van der Waals surface area contributed by atoms with E-state index in [1.807, 2.05) is 70.6 Å². The maximum atomic E-state index is 13.5. The molecule has 0 radical (unpaired) electrons. The van der Waals surface area contributed by atoms with Crippen LogP contribution in [0, 0.1) is 5.82 Å². The Balaban J connectivity index is 1.36. The third-order valence-corrected chi connectivity index (χ3v) is 6.66. The van der Waals surface area contributed by atoms with Crippen LogP contribution in [0.3, 0.4) is 0 Å². The van der Waals surface area contributed by atoms with Crippen LogP contribution < -0.4 is 10.2 Å². The quantitative estimate of drug-likeness (QED) is 0.267. The van der Waals surface area contributed by atoms with Gasteiger partial charge in [0.05, 0.1) is 17.1 Å². The number of tetrazole rings is 1. The van der Waals surface area contributed by atoms with Crippen LogP contribution in [-0.4, -0.2) is 36.4 Å². The number of thioether (sulfide) groups is 1. The summed E-state index contributed by atoms with van der Waals surface area (Å²) in [5, 5.41) is 18.5. The number of thiazole rings is 1. The van der Waals surface area contributed by atoms with Crippen molar-refractivity contribution >= 4 is 29.0 Å². The predicted molar refractivity (Wildman–Crippen MR) is 133 cm³/mol. The van der Waals surface area contributed by atoms with E-state index in [9.17, 15) is 9.18 Å². The van der Waals surface area contributed by atoms with Crippen LogP contribution in [0.5, 0.6) is 0 Å². The first-order valence-electron chi connectivity index (χ1n) is 10.5. The summed E-state index contributed by atoms with van der Waals surface area (Å²) in [5.41, 5.74) is 5.97. The molecule has 0 aliphatic rings. The fraction of sp³-hybridized carbons (Fsp3) is 0.0417. The standard InChI is InChI=1S/C24H18FN7OS2/c25-18-13-11-17(12-14-18)21-15-34-23(31(21)19-7-3-1-4-8-19)27-26-22(33)16-35-24-28-29-30-32(24)20-9-5-2-6-10-20/h1-15H,16H2,(H,26,33)/b27-23+. The zero-order chi connectivity index (χ0) is 24.0. The van der Waals surface area contributed by atoms with Crippen molar-refractivity contribution in [3.05, 3.63) is 101 Å². The molecule has 0 saturated heterocycles. The number of para-hydroxylation sites is 2. The SMILES string of the molecule is O=C(CSc1nnnn1-c1ccccc1)N/N=c1/scc(-c2ccc(F)cc2)n1-c1ccccc1. The van der Waals surface area contributed by atoms with Crippen LogP contribution in [0.2, 0.25) is 0 Å². The van der Waals surface area contributed by atoms with Gasteiger partial charge in [-0.25, -0.2) is 9.82 Å². The summed E-state index contributed by atoms with van der Waals surface area (Å²) >= 11 is 2.58. The maximum Gasteiger partial charge on any atom is 0.250 e. The second-order valence-corrected chi connectivity index (χ2v) is 9.00. The second kappa shape index (κ2) is 10.5. The number of nitrogens with zero attached hydrogens (tertiary/aromatic N) is 6. The fourth-order valence-electron chi connectivity index (χ4n) is 3.31. The highest BCUT2D eigenvalue weighted by molar-refractivity contribution is 7.99. The Morgan fingerprint density at radius 3 is 2.37 bits per heavy atom. The molecule has 0 aliphatic carbocycles. The molecule has 0 aliphatic heterocycles. The van der Waals surface area contributed by atoms with Gasteiger partial charge in [-0.3, -0.25) is 9.36 Å². The molecule has 1 N–H and O–H groups in total. The molecular weight excluding hydrogens is 485 g/mol. The molecule has 0 unspecified atom stereocenters. The van der Waals surface area contributed by atoms with Gasteiger partial charge in [-0.1, -0.05) is 48.2 Å². The van der Waals surface area contributed by atoms with Gasteiger partial charge in [-0.05, 0) is 64.5 Å². The number of halogens is 1. The minimum atomic E-state index is -0.303. The summed E-state index contributed by atoms with van der Waals surface area (Å²) in [4.78, 5) is 13.1. The molecular formula is C24H18FN7OS2. The van der Waals surface area contributed by atoms with Gasteiger partial charge >= 0.3 is 0 Å². The van der Waals surface area contributed by atoms with E-state index < -0.39 is 0 Å². The molecule has 0 bridgehead atoms. The van der Waals surface area contributed by atoms with Crippen LogP contribution in [0.25, 0.3) is 22.6 Å². The van der Waals surface area contributed by atoms with Crippen molar-refractivity contribution in [2.24, 2.45) is 5.10 Å². The summed E-state index contributed by atoms with van der Waals surface area (Å²) in [6.45, 7) is 0. The highest BCUT2D eigenvalue weighted by Crippen LogP contribution is 2.23. The van der Waals surface area contributed by atoms with Gasteiger partial charge in [0, 0.05) is 11.1 Å². The molecule has 5 rings (SSSR count). The van der Waals surface area contributed by atoms with Crippen LogP contribution in [0.15, 0.2) is 101 Å². The lowest BCUT2D eigenvalue weighted by Crippen LogP contribution is -2.25. The van der Waals surface area contributed by atoms with Crippen LogP contribution >= 0.6 is 23.1 Å². The van der Waals surface area contributed by atoms with Gasteiger partial charge in [-0.15, -0.1) is 21.5 Å². The lowest BCUT2D eigenvalue weighted by Gasteiger charge is -2.09. The molecule has 35 heavy (non-hydrogen) atoms. The molecule has 8 nitrogen and oxygen atoms in total. The number of aromatic nitrogens is 5. The van der Waals surface area contributed by atoms with Gasteiger partial charge < -0.3 is 0 Å². The maximum absolute atomic E-state index is 13.5. The van der Waals surface area contributed by atoms with Crippen molar-refractivity contribution in [3.8, 4) is 22.6 Å². The number of hydrogen-bond acceptors (Lipinski definition) is 7. The van der Waals surface area contributed by atoms with Gasteiger partial charge in [0.15, 0.2) is 0 Å². The molecule has 3 aromatic carbocycles. The Labute approximate surface area is 207 Å². The molecule has 2 aromatic heterocycles. The van der Waals surface area contributed by atoms with Crippen LogP contribution in [0.4, 0.5) is 4.39 Å². The Morgan fingerprint density at radius 2 is 1.66 bits per heavy atom. The molecule has 2 heterocycles. The third kappa shape index (κ3) is 5.20. The monoisotopic (exact) mass is 503 g/mol. The zero-order valence-electron chi connectivity index (χ0n) is 18.2. The first kappa shape index (κ1) is 22.7. The van der Waals surface area contributed by atoms with Gasteiger partial charge in [0.1, 0.15) is 5.82 Å². The number of hydrogen-bond donors (Lipinski definition) is 1. The second-order valence-electron chi connectivity index (χ2n) is 7.23. The smallest absolute Gasteiger partial charge is 0.250 e. The van der Waals surface area contributed by atoms with Gasteiger partial charge in [0.25, 0.3) is 5.91 Å². The van der Waals surface area contributed by atoms with Crippen molar-refractivity contribution in [2.45, 2.75) is 5.16 Å². The fourth-order valence-corrected chi connectivity index (χ4v) is 4.86. The third-order valence-electron chi connectivity index (χ3n) is 4.91. The van der Waals surface area contributed by atoms with Crippen LogP contribution in [-0.2, 0) is 4.79 Å². The van der Waals surface area contributed by atoms with Crippen LogP contribution in [0.1, 0.15) is 0 Å². The number of carbonyl (C=O) groups is 1. The summed E-state index contributed by atoms with van der Waals surface area (Å²) in [6.07, 6.45) is 0. The first-order valence-corrected chi connectivity index (χ1v) is 12.4. The van der Waals surface area contributed by atoms with Crippen molar-refractivity contribution in [1.82, 2.24) is 30.2 Å². The molecule has 0 spiro atoms. The molecule has 5 aromatic rings. The number of carbonyl (C=O) groups excluding carboxylic acids is 1. The van der Waals surface area contributed by atoms with E-state index in [1.54, 1.807) is 16.8 Å². The number of rotatable bonds is 7. The normalized spacial score (nSPS) is 11.5. The molecule has 0 fully saturated rings. The lowest BCUT2D eigenvalue weighted by atomic mass is 10.1. The van der Waals surface area contributed by atoms with Crippen molar-refractivity contribution in [1.29, 1.82) is 0 Å². The van der Waals surface area contributed by atoms with E-state index >= 15 is 0 Å². The molecule has 1 amide bonds. The van der Waals surface area contributed by atoms with Gasteiger partial charge in [-0.2, -0.15) is 4.68 Å². The van der Waals surface area contributed by atoms with Crippen molar-refractivity contribution in [2.75, 3.05) is 5.75 Å². The summed E-state index contributed by atoms with van der Waals surface area (Å²) < 4.78 is 16.9. The minimum absolute atomic E-state index is 0.0816. The Bertz CT molecular complexity index is 1500. The number of amides is 1. The van der Waals surface area contributed by atoms with E-state index in [0.717, 1.165) is 22.6 Å². The zero-order valence-corrected chi connectivity index (χ0v) is 19.8. The Kier molecular flexibility index (Phi) is 6.77. The molecule has 174 valence electrons. The highest BCUT2D eigenvalue weighted by Gasteiger charge is 2.13. The average molecular weight is 504 g/mol. The van der Waals surface area contributed by atoms with E-state index in [4.69, 9.17) is 0 Å². The number of benzene rings is 3. The summed E-state index contributed by atoms with van der Waals surface area (Å²) in [5.74, 6) is -0.518. The Hall–Kier alpha value is -4.09.